The maximum absolute atomic E-state index is 14.0. The number of carbonyl (C=O) groups is 1. The molecule has 8 rings (SSSR count). The van der Waals surface area contributed by atoms with Crippen molar-refractivity contribution in [2.24, 2.45) is 5.41 Å². The quantitative estimate of drug-likeness (QED) is 0.161. The first kappa shape index (κ1) is 36.0. The van der Waals surface area contributed by atoms with Crippen molar-refractivity contribution in [3.63, 3.8) is 0 Å². The Morgan fingerprint density at radius 3 is 2.26 bits per heavy atom. The van der Waals surface area contributed by atoms with Crippen LogP contribution in [0.25, 0.3) is 33.3 Å². The van der Waals surface area contributed by atoms with Gasteiger partial charge in [-0.05, 0) is 101 Å². The van der Waals surface area contributed by atoms with Gasteiger partial charge in [0, 0.05) is 46.2 Å². The Hall–Kier alpha value is -3.98. The first-order valence-corrected chi connectivity index (χ1v) is 20.0. The number of morpholine rings is 1. The number of nitrogens with zero attached hydrogens (tertiary/aromatic N) is 3. The van der Waals surface area contributed by atoms with E-state index in [4.69, 9.17) is 14.5 Å². The number of pyridine rings is 1. The van der Waals surface area contributed by atoms with Gasteiger partial charge in [-0.3, -0.25) is 9.88 Å². The lowest BCUT2D eigenvalue weighted by Gasteiger charge is -2.47. The van der Waals surface area contributed by atoms with Gasteiger partial charge in [0.25, 0.3) is 0 Å². The predicted molar refractivity (Wildman–Crippen MR) is 214 cm³/mol. The smallest absolute Gasteiger partial charge is 0.410 e. The van der Waals surface area contributed by atoms with E-state index < -0.39 is 0 Å². The minimum absolute atomic E-state index is 0.0246. The summed E-state index contributed by atoms with van der Waals surface area (Å²) in [6, 6.07) is 25.7. The number of hydrogen-bond donors (Lipinski definition) is 1. The van der Waals surface area contributed by atoms with Crippen molar-refractivity contribution in [1.29, 1.82) is 0 Å². The molecule has 7 nitrogen and oxygen atoms in total. The van der Waals surface area contributed by atoms with Crippen LogP contribution in [-0.4, -0.2) is 64.2 Å². The molecule has 276 valence electrons. The van der Waals surface area contributed by atoms with Gasteiger partial charge in [-0.25, -0.2) is 4.79 Å². The molecule has 0 saturated carbocycles. The summed E-state index contributed by atoms with van der Waals surface area (Å²) in [6.45, 7) is 13.1. The summed E-state index contributed by atoms with van der Waals surface area (Å²) in [5.74, 6) is 0.470. The highest BCUT2D eigenvalue weighted by Crippen LogP contribution is 2.46. The average Bonchev–Trinajstić information content (AvgIpc) is 3.63. The monoisotopic (exact) mass is 775 g/mol. The SMILES string of the molecule is CCn1c(-c2cc([C@@H]3C[C@H]4COC[C@@H](C3)N4C(=O)OCC3c4ccccc4-c4ccccc43)cnc2C(C)C)c(CC(C)(C)CO)c2cc(Br)ccc21. The fraction of sp³-hybridized carbons (Fsp3) is 0.422. The fourth-order valence-corrected chi connectivity index (χ4v) is 9.63. The Labute approximate surface area is 321 Å². The molecule has 1 N–H and O–H groups in total. The molecule has 1 amide bonds. The van der Waals surface area contributed by atoms with Crippen molar-refractivity contribution in [3.05, 3.63) is 111 Å². The minimum atomic E-state index is -0.295. The molecule has 5 aromatic rings. The molecule has 2 saturated heterocycles. The molecule has 0 spiro atoms. The van der Waals surface area contributed by atoms with Crippen LogP contribution in [0.1, 0.15) is 93.2 Å². The molecule has 3 atom stereocenters. The zero-order chi connectivity index (χ0) is 37.0. The lowest BCUT2D eigenvalue weighted by atomic mass is 9.80. The van der Waals surface area contributed by atoms with E-state index >= 15 is 0 Å². The molecule has 0 radical (unpaired) electrons. The summed E-state index contributed by atoms with van der Waals surface area (Å²) in [5, 5.41) is 11.6. The number of hydrogen-bond acceptors (Lipinski definition) is 5. The highest BCUT2D eigenvalue weighted by molar-refractivity contribution is 9.10. The summed E-state index contributed by atoms with van der Waals surface area (Å²) in [6.07, 6.45) is 4.15. The van der Waals surface area contributed by atoms with Crippen LogP contribution in [0.15, 0.2) is 83.5 Å². The maximum Gasteiger partial charge on any atom is 0.410 e. The molecule has 0 unspecified atom stereocenters. The van der Waals surface area contributed by atoms with Crippen LogP contribution in [-0.2, 0) is 22.4 Å². The number of rotatable bonds is 9. The number of aliphatic hydroxyl groups is 1. The Bertz CT molecular complexity index is 2110. The maximum atomic E-state index is 14.0. The minimum Gasteiger partial charge on any atom is -0.448 e. The standard InChI is InChI=1S/C45H50BrN3O4/c1-6-48-41-16-15-30(46)20-37(41)39(21-45(4,5)26-50)43(48)38-19-29(22-47-42(38)27(2)3)28-17-31-23-52-24-32(18-28)49(31)44(51)53-25-40-35-13-9-7-11-33(35)34-12-8-10-14-36(34)40/h7-16,19-20,22,27-28,31-32,40,50H,6,17-18,21,23-26H2,1-5H3/t28-,31+,32-. The normalized spacial score (nSPS) is 19.8. The molecular weight excluding hydrogens is 726 g/mol. The Morgan fingerprint density at radius 1 is 0.981 bits per heavy atom. The number of halogens is 1. The zero-order valence-corrected chi connectivity index (χ0v) is 33.0. The molecule has 3 aromatic carbocycles. The van der Waals surface area contributed by atoms with E-state index in [2.05, 4.69) is 134 Å². The van der Waals surface area contributed by atoms with Gasteiger partial charge in [-0.15, -0.1) is 0 Å². The number of aryl methyl sites for hydroxylation is 1. The third kappa shape index (κ3) is 6.51. The summed E-state index contributed by atoms with van der Waals surface area (Å²) in [5.41, 5.74) is 11.7. The van der Waals surface area contributed by atoms with Gasteiger partial charge in [0.2, 0.25) is 0 Å². The largest absolute Gasteiger partial charge is 0.448 e. The third-order valence-electron chi connectivity index (χ3n) is 11.8. The van der Waals surface area contributed by atoms with E-state index in [1.54, 1.807) is 0 Å². The van der Waals surface area contributed by atoms with Crippen LogP contribution < -0.4 is 0 Å². The van der Waals surface area contributed by atoms with Gasteiger partial charge >= 0.3 is 6.09 Å². The van der Waals surface area contributed by atoms with E-state index in [-0.39, 0.29) is 48.0 Å². The van der Waals surface area contributed by atoms with Gasteiger partial charge < -0.3 is 19.1 Å². The molecule has 8 heteroatoms. The number of carbonyl (C=O) groups excluding carboxylic acids is 1. The molecule has 3 aliphatic rings. The summed E-state index contributed by atoms with van der Waals surface area (Å²) >= 11 is 3.74. The highest BCUT2D eigenvalue weighted by atomic mass is 79.9. The summed E-state index contributed by atoms with van der Waals surface area (Å²) < 4.78 is 15.7. The Kier molecular flexibility index (Phi) is 9.75. The number of amides is 1. The van der Waals surface area contributed by atoms with E-state index in [1.807, 2.05) is 4.90 Å². The van der Waals surface area contributed by atoms with Gasteiger partial charge in [-0.1, -0.05) is 92.2 Å². The van der Waals surface area contributed by atoms with Crippen LogP contribution in [0.5, 0.6) is 0 Å². The predicted octanol–water partition coefficient (Wildman–Crippen LogP) is 10.1. The molecular formula is C45H50BrN3O4. The second kappa shape index (κ2) is 14.3. The molecule has 53 heavy (non-hydrogen) atoms. The number of aliphatic hydroxyl groups excluding tert-OH is 1. The molecule has 4 heterocycles. The van der Waals surface area contributed by atoms with E-state index in [9.17, 15) is 9.90 Å². The number of fused-ring (bicyclic) bond motifs is 6. The lowest BCUT2D eigenvalue weighted by Crippen LogP contribution is -2.58. The van der Waals surface area contributed by atoms with Crippen molar-refractivity contribution >= 4 is 32.9 Å². The third-order valence-corrected chi connectivity index (χ3v) is 12.3. The van der Waals surface area contributed by atoms with Crippen molar-refractivity contribution in [1.82, 2.24) is 14.5 Å². The van der Waals surface area contributed by atoms with Crippen molar-refractivity contribution in [3.8, 4) is 22.4 Å². The Morgan fingerprint density at radius 2 is 1.64 bits per heavy atom. The fourth-order valence-electron chi connectivity index (χ4n) is 9.26. The molecule has 2 bridgehead atoms. The second-order valence-corrected chi connectivity index (χ2v) is 17.2. The first-order valence-electron chi connectivity index (χ1n) is 19.2. The van der Waals surface area contributed by atoms with Crippen LogP contribution in [0.3, 0.4) is 0 Å². The summed E-state index contributed by atoms with van der Waals surface area (Å²) in [4.78, 5) is 21.1. The van der Waals surface area contributed by atoms with Crippen molar-refractivity contribution < 1.29 is 19.4 Å². The average molecular weight is 777 g/mol. The van der Waals surface area contributed by atoms with Gasteiger partial charge in [0.1, 0.15) is 6.61 Å². The molecule has 2 aliphatic heterocycles. The zero-order valence-electron chi connectivity index (χ0n) is 31.4. The van der Waals surface area contributed by atoms with Crippen molar-refractivity contribution in [2.75, 3.05) is 26.4 Å². The van der Waals surface area contributed by atoms with Crippen LogP contribution in [0.4, 0.5) is 4.79 Å². The van der Waals surface area contributed by atoms with E-state index in [1.165, 1.54) is 50.0 Å². The highest BCUT2D eigenvalue weighted by Gasteiger charge is 2.44. The number of ether oxygens (including phenoxy) is 2. The number of piperidine rings is 1. The van der Waals surface area contributed by atoms with E-state index in [0.717, 1.165) is 41.5 Å². The Balaban J connectivity index is 1.09. The number of aromatic nitrogens is 2. The van der Waals surface area contributed by atoms with Crippen LogP contribution >= 0.6 is 15.9 Å². The molecule has 2 aromatic heterocycles. The van der Waals surface area contributed by atoms with Gasteiger partial charge in [0.15, 0.2) is 0 Å². The molecule has 2 fully saturated rings. The van der Waals surface area contributed by atoms with Crippen LogP contribution in [0, 0.1) is 5.41 Å². The lowest BCUT2D eigenvalue weighted by molar-refractivity contribution is -0.0704. The molecule has 1 aliphatic carbocycles. The van der Waals surface area contributed by atoms with Gasteiger partial charge in [-0.2, -0.15) is 0 Å². The topological polar surface area (TPSA) is 76.8 Å². The van der Waals surface area contributed by atoms with Crippen molar-refractivity contribution in [2.45, 2.75) is 90.3 Å². The van der Waals surface area contributed by atoms with E-state index in [0.29, 0.717) is 19.8 Å². The summed E-state index contributed by atoms with van der Waals surface area (Å²) in [7, 11) is 0. The van der Waals surface area contributed by atoms with Gasteiger partial charge in [0.05, 0.1) is 36.7 Å². The van der Waals surface area contributed by atoms with Crippen LogP contribution in [0.2, 0.25) is 0 Å². The first-order chi connectivity index (χ1) is 25.6. The number of benzene rings is 3. The second-order valence-electron chi connectivity index (χ2n) is 16.3.